The van der Waals surface area contributed by atoms with Gasteiger partial charge in [0.1, 0.15) is 11.3 Å². The first-order chi connectivity index (χ1) is 9.20. The van der Waals surface area contributed by atoms with Crippen molar-refractivity contribution in [1.82, 2.24) is 5.32 Å². The van der Waals surface area contributed by atoms with Gasteiger partial charge in [0.05, 0.1) is 13.2 Å². The molecule has 2 rings (SSSR count). The standard InChI is InChI=1S/C16H23NO2/c1-4-18-11-15(12(2)3)17-10-14-9-13-7-5-6-8-16(13)19-14/h5-9,12,15,17H,4,10-11H2,1-3H3. The van der Waals surface area contributed by atoms with Gasteiger partial charge in [-0.05, 0) is 25.0 Å². The van der Waals surface area contributed by atoms with E-state index < -0.39 is 0 Å². The SMILES string of the molecule is CCOCC(NCc1cc2ccccc2o1)C(C)C. The van der Waals surface area contributed by atoms with Crippen molar-refractivity contribution in [2.45, 2.75) is 33.4 Å². The quantitative estimate of drug-likeness (QED) is 0.827. The third-order valence-corrected chi connectivity index (χ3v) is 3.32. The molecule has 1 heterocycles. The molecule has 0 aliphatic heterocycles. The summed E-state index contributed by atoms with van der Waals surface area (Å²) in [6, 6.07) is 10.5. The Hall–Kier alpha value is -1.32. The van der Waals surface area contributed by atoms with E-state index in [2.05, 4.69) is 31.3 Å². The van der Waals surface area contributed by atoms with Gasteiger partial charge in [-0.25, -0.2) is 0 Å². The number of nitrogens with one attached hydrogen (secondary N) is 1. The highest BCUT2D eigenvalue weighted by molar-refractivity contribution is 5.77. The molecule has 1 aromatic carbocycles. The van der Waals surface area contributed by atoms with Crippen LogP contribution in [0.25, 0.3) is 11.0 Å². The van der Waals surface area contributed by atoms with Crippen molar-refractivity contribution >= 4 is 11.0 Å². The summed E-state index contributed by atoms with van der Waals surface area (Å²) in [5.74, 6) is 1.51. The van der Waals surface area contributed by atoms with Crippen molar-refractivity contribution in [3.05, 3.63) is 36.1 Å². The predicted octanol–water partition coefficient (Wildman–Crippen LogP) is 3.58. The van der Waals surface area contributed by atoms with Gasteiger partial charge in [0.25, 0.3) is 0 Å². The van der Waals surface area contributed by atoms with E-state index in [9.17, 15) is 0 Å². The number of hydrogen-bond donors (Lipinski definition) is 1. The highest BCUT2D eigenvalue weighted by atomic mass is 16.5. The molecule has 1 N–H and O–H groups in total. The first kappa shape index (κ1) is 14.1. The molecule has 0 bridgehead atoms. The van der Waals surface area contributed by atoms with Crippen LogP contribution >= 0.6 is 0 Å². The predicted molar refractivity (Wildman–Crippen MR) is 78.2 cm³/mol. The maximum absolute atomic E-state index is 5.80. The van der Waals surface area contributed by atoms with Crippen LogP contribution in [0.3, 0.4) is 0 Å². The molecule has 1 aromatic heterocycles. The Morgan fingerprint density at radius 2 is 2.05 bits per heavy atom. The summed E-state index contributed by atoms with van der Waals surface area (Å²) >= 11 is 0. The molecule has 1 unspecified atom stereocenters. The van der Waals surface area contributed by atoms with E-state index in [0.29, 0.717) is 12.0 Å². The topological polar surface area (TPSA) is 34.4 Å². The number of ether oxygens (including phenoxy) is 1. The van der Waals surface area contributed by atoms with Gasteiger partial charge in [-0.2, -0.15) is 0 Å². The normalized spacial score (nSPS) is 13.3. The molecule has 2 aromatic rings. The molecule has 19 heavy (non-hydrogen) atoms. The van der Waals surface area contributed by atoms with Crippen LogP contribution in [0.2, 0.25) is 0 Å². The molecule has 3 heteroatoms. The third kappa shape index (κ3) is 3.82. The van der Waals surface area contributed by atoms with Crippen molar-refractivity contribution in [1.29, 1.82) is 0 Å². The van der Waals surface area contributed by atoms with Crippen molar-refractivity contribution in [2.75, 3.05) is 13.2 Å². The lowest BCUT2D eigenvalue weighted by Gasteiger charge is -2.21. The lowest BCUT2D eigenvalue weighted by Crippen LogP contribution is -2.37. The van der Waals surface area contributed by atoms with E-state index in [0.717, 1.165) is 36.5 Å². The van der Waals surface area contributed by atoms with Crippen LogP contribution < -0.4 is 5.32 Å². The molecule has 3 nitrogen and oxygen atoms in total. The minimum Gasteiger partial charge on any atom is -0.460 e. The molecule has 0 amide bonds. The minimum atomic E-state index is 0.355. The number of hydrogen-bond acceptors (Lipinski definition) is 3. The smallest absolute Gasteiger partial charge is 0.134 e. The summed E-state index contributed by atoms with van der Waals surface area (Å²) < 4.78 is 11.3. The second-order valence-electron chi connectivity index (χ2n) is 5.14. The zero-order chi connectivity index (χ0) is 13.7. The average Bonchev–Trinajstić information content (AvgIpc) is 2.81. The Morgan fingerprint density at radius 3 is 2.74 bits per heavy atom. The second kappa shape index (κ2) is 6.73. The van der Waals surface area contributed by atoms with Gasteiger partial charge in [-0.3, -0.25) is 0 Å². The van der Waals surface area contributed by atoms with Crippen LogP contribution in [-0.4, -0.2) is 19.3 Å². The summed E-state index contributed by atoms with van der Waals surface area (Å²) in [4.78, 5) is 0. The lowest BCUT2D eigenvalue weighted by molar-refractivity contribution is 0.107. The molecule has 0 aliphatic carbocycles. The first-order valence-electron chi connectivity index (χ1n) is 6.99. The van der Waals surface area contributed by atoms with Crippen LogP contribution in [0.4, 0.5) is 0 Å². The fourth-order valence-electron chi connectivity index (χ4n) is 2.09. The zero-order valence-corrected chi connectivity index (χ0v) is 12.0. The highest BCUT2D eigenvalue weighted by Gasteiger charge is 2.13. The molecule has 1 atom stereocenters. The van der Waals surface area contributed by atoms with Gasteiger partial charge in [0, 0.05) is 18.0 Å². The van der Waals surface area contributed by atoms with Gasteiger partial charge in [-0.1, -0.05) is 32.0 Å². The van der Waals surface area contributed by atoms with Crippen molar-refractivity contribution in [3.8, 4) is 0 Å². The van der Waals surface area contributed by atoms with Gasteiger partial charge in [-0.15, -0.1) is 0 Å². The Bertz CT molecular complexity index is 471. The van der Waals surface area contributed by atoms with Crippen molar-refractivity contribution in [2.24, 2.45) is 5.92 Å². The molecule has 104 valence electrons. The van der Waals surface area contributed by atoms with E-state index in [1.54, 1.807) is 0 Å². The van der Waals surface area contributed by atoms with Crippen LogP contribution in [0.15, 0.2) is 34.7 Å². The summed E-state index contributed by atoms with van der Waals surface area (Å²) in [6.07, 6.45) is 0. The largest absolute Gasteiger partial charge is 0.460 e. The maximum Gasteiger partial charge on any atom is 0.134 e. The molecular weight excluding hydrogens is 238 g/mol. The molecule has 0 radical (unpaired) electrons. The summed E-state index contributed by atoms with van der Waals surface area (Å²) in [5, 5.41) is 4.67. The van der Waals surface area contributed by atoms with Crippen LogP contribution in [0.5, 0.6) is 0 Å². The van der Waals surface area contributed by atoms with Gasteiger partial charge in [0.2, 0.25) is 0 Å². The number of fused-ring (bicyclic) bond motifs is 1. The van der Waals surface area contributed by atoms with Gasteiger partial charge < -0.3 is 14.5 Å². The fourth-order valence-corrected chi connectivity index (χ4v) is 2.09. The number of furan rings is 1. The van der Waals surface area contributed by atoms with Crippen LogP contribution in [-0.2, 0) is 11.3 Å². The molecule has 0 aliphatic rings. The summed E-state index contributed by atoms with van der Waals surface area (Å²) in [6.45, 7) is 8.68. The Balaban J connectivity index is 1.96. The molecule has 0 saturated carbocycles. The lowest BCUT2D eigenvalue weighted by atomic mass is 10.1. The molecule has 0 fully saturated rings. The van der Waals surface area contributed by atoms with Crippen LogP contribution in [0, 0.1) is 5.92 Å². The van der Waals surface area contributed by atoms with E-state index in [1.807, 2.05) is 25.1 Å². The second-order valence-corrected chi connectivity index (χ2v) is 5.14. The van der Waals surface area contributed by atoms with E-state index in [4.69, 9.17) is 9.15 Å². The Kier molecular flexibility index (Phi) is 5.00. The zero-order valence-electron chi connectivity index (χ0n) is 12.0. The minimum absolute atomic E-state index is 0.355. The Labute approximate surface area is 114 Å². The molecular formula is C16H23NO2. The fraction of sp³-hybridized carbons (Fsp3) is 0.500. The Morgan fingerprint density at radius 1 is 1.26 bits per heavy atom. The molecule has 0 spiro atoms. The number of rotatable bonds is 7. The van der Waals surface area contributed by atoms with Gasteiger partial charge in [0.15, 0.2) is 0 Å². The summed E-state index contributed by atoms with van der Waals surface area (Å²) in [5.41, 5.74) is 0.949. The van der Waals surface area contributed by atoms with Crippen molar-refractivity contribution in [3.63, 3.8) is 0 Å². The monoisotopic (exact) mass is 261 g/mol. The van der Waals surface area contributed by atoms with E-state index >= 15 is 0 Å². The van der Waals surface area contributed by atoms with E-state index in [1.165, 1.54) is 0 Å². The average molecular weight is 261 g/mol. The first-order valence-corrected chi connectivity index (χ1v) is 6.99. The van der Waals surface area contributed by atoms with Crippen LogP contribution in [0.1, 0.15) is 26.5 Å². The maximum atomic E-state index is 5.80. The summed E-state index contributed by atoms with van der Waals surface area (Å²) in [7, 11) is 0. The number of para-hydroxylation sites is 1. The van der Waals surface area contributed by atoms with Gasteiger partial charge >= 0.3 is 0 Å². The highest BCUT2D eigenvalue weighted by Crippen LogP contribution is 2.18. The number of benzene rings is 1. The molecule has 0 saturated heterocycles. The third-order valence-electron chi connectivity index (χ3n) is 3.32. The van der Waals surface area contributed by atoms with Crippen molar-refractivity contribution < 1.29 is 9.15 Å². The van der Waals surface area contributed by atoms with E-state index in [-0.39, 0.29) is 0 Å².